The van der Waals surface area contributed by atoms with E-state index in [1.54, 1.807) is 4.90 Å². The highest BCUT2D eigenvalue weighted by molar-refractivity contribution is 7.86. The third-order valence-corrected chi connectivity index (χ3v) is 8.70. The lowest BCUT2D eigenvalue weighted by Crippen LogP contribution is -2.84. The van der Waals surface area contributed by atoms with Crippen LogP contribution in [0, 0.1) is 6.92 Å². The third-order valence-electron chi connectivity index (χ3n) is 6.69. The Morgan fingerprint density at radius 3 is 1.97 bits per heavy atom. The molecule has 2 aliphatic rings. The van der Waals surface area contributed by atoms with Crippen LogP contribution in [0.5, 0.6) is 0 Å². The second-order valence-corrected chi connectivity index (χ2v) is 10.1. The van der Waals surface area contributed by atoms with Crippen molar-refractivity contribution in [2.45, 2.75) is 22.2 Å². The molecule has 0 radical (unpaired) electrons. The molecule has 4 nitrogen and oxygen atoms in total. The molecule has 1 amide bonds. The van der Waals surface area contributed by atoms with Crippen molar-refractivity contribution in [3.05, 3.63) is 126 Å². The van der Waals surface area contributed by atoms with E-state index in [0.717, 1.165) is 28.1 Å². The molecular weight excluding hydrogens is 428 g/mol. The molecule has 4 aromatic rings. The molecule has 162 valence electrons. The van der Waals surface area contributed by atoms with Crippen molar-refractivity contribution in [2.75, 3.05) is 10.2 Å². The number of rotatable bonds is 3. The lowest BCUT2D eigenvalue weighted by Gasteiger charge is -2.65. The van der Waals surface area contributed by atoms with E-state index >= 15 is 0 Å². The number of β-lactam (4-membered cyclic amide) rings is 1. The number of fused-ring (bicyclic) bond motifs is 2. The van der Waals surface area contributed by atoms with Gasteiger partial charge in [0.1, 0.15) is 0 Å². The number of amides is 1. The molecule has 2 heterocycles. The second-order valence-electron chi connectivity index (χ2n) is 8.49. The number of benzene rings is 4. The number of anilines is 2. The van der Waals surface area contributed by atoms with Crippen LogP contribution in [0.25, 0.3) is 0 Å². The summed E-state index contributed by atoms with van der Waals surface area (Å²) in [5.41, 5.74) is 2.97. The van der Waals surface area contributed by atoms with Gasteiger partial charge in [-0.05, 0) is 42.3 Å². The molecule has 0 spiro atoms. The van der Waals surface area contributed by atoms with Gasteiger partial charge >= 0.3 is 0 Å². The molecule has 2 aliphatic heterocycles. The molecule has 3 atom stereocenters. The molecule has 1 N–H and O–H groups in total. The minimum Gasteiger partial charge on any atom is -0.364 e. The Hall–Kier alpha value is -3.70. The maximum atomic E-state index is 14.7. The van der Waals surface area contributed by atoms with E-state index in [1.807, 2.05) is 116 Å². The molecule has 0 saturated carbocycles. The van der Waals surface area contributed by atoms with E-state index in [9.17, 15) is 9.00 Å². The van der Waals surface area contributed by atoms with Gasteiger partial charge in [-0.1, -0.05) is 90.5 Å². The lowest BCUT2D eigenvalue weighted by molar-refractivity contribution is -0.133. The van der Waals surface area contributed by atoms with E-state index in [1.165, 1.54) is 0 Å². The Morgan fingerprint density at radius 1 is 0.727 bits per heavy atom. The summed E-state index contributed by atoms with van der Waals surface area (Å²) in [4.78, 5) is 15.5. The van der Waals surface area contributed by atoms with Crippen LogP contribution < -0.4 is 10.2 Å². The molecule has 0 aromatic heterocycles. The maximum Gasteiger partial charge on any atom is 0.262 e. The van der Waals surface area contributed by atoms with E-state index in [-0.39, 0.29) is 5.91 Å². The highest BCUT2D eigenvalue weighted by atomic mass is 32.2. The fourth-order valence-electron chi connectivity index (χ4n) is 5.21. The van der Waals surface area contributed by atoms with Crippen LogP contribution in [0.15, 0.2) is 114 Å². The fraction of sp³-hybridized carbons (Fsp3) is 0.107. The quantitative estimate of drug-likeness (QED) is 0.430. The largest absolute Gasteiger partial charge is 0.364 e. The van der Waals surface area contributed by atoms with E-state index in [0.29, 0.717) is 4.90 Å². The van der Waals surface area contributed by atoms with Gasteiger partial charge in [-0.3, -0.25) is 13.9 Å². The Labute approximate surface area is 195 Å². The predicted octanol–water partition coefficient (Wildman–Crippen LogP) is 5.32. The van der Waals surface area contributed by atoms with Crippen LogP contribution in [0.4, 0.5) is 11.4 Å². The monoisotopic (exact) mass is 450 g/mol. The normalized spacial score (nSPS) is 25.4. The first kappa shape index (κ1) is 19.9. The van der Waals surface area contributed by atoms with Crippen LogP contribution in [0.3, 0.4) is 0 Å². The Balaban J connectivity index is 1.73. The van der Waals surface area contributed by atoms with Crippen molar-refractivity contribution in [1.82, 2.24) is 0 Å². The van der Waals surface area contributed by atoms with Crippen LogP contribution in [0.1, 0.15) is 16.7 Å². The van der Waals surface area contributed by atoms with Crippen molar-refractivity contribution < 1.29 is 9.00 Å². The molecule has 6 rings (SSSR count). The van der Waals surface area contributed by atoms with Crippen LogP contribution in [0.2, 0.25) is 0 Å². The zero-order chi connectivity index (χ0) is 22.6. The molecule has 0 bridgehead atoms. The summed E-state index contributed by atoms with van der Waals surface area (Å²) in [5.74, 6) is -0.121. The first-order chi connectivity index (χ1) is 16.1. The predicted molar refractivity (Wildman–Crippen MR) is 131 cm³/mol. The van der Waals surface area contributed by atoms with Gasteiger partial charge in [0.05, 0.1) is 21.4 Å². The summed E-state index contributed by atoms with van der Waals surface area (Å²) in [6.07, 6.45) is 0. The highest BCUT2D eigenvalue weighted by Gasteiger charge is 2.78. The lowest BCUT2D eigenvalue weighted by atomic mass is 9.68. The molecule has 1 saturated heterocycles. The van der Waals surface area contributed by atoms with E-state index in [2.05, 4.69) is 5.32 Å². The zero-order valence-electron chi connectivity index (χ0n) is 18.1. The van der Waals surface area contributed by atoms with Crippen molar-refractivity contribution in [3.8, 4) is 0 Å². The molecule has 0 aliphatic carbocycles. The van der Waals surface area contributed by atoms with Gasteiger partial charge in [0.2, 0.25) is 0 Å². The summed E-state index contributed by atoms with van der Waals surface area (Å²) in [7, 11) is -1.57. The van der Waals surface area contributed by atoms with Crippen LogP contribution in [-0.2, 0) is 26.0 Å². The summed E-state index contributed by atoms with van der Waals surface area (Å²) in [6.45, 7) is 2.01. The second kappa shape index (κ2) is 7.15. The Bertz CT molecular complexity index is 1390. The first-order valence-corrected chi connectivity index (χ1v) is 12.1. The van der Waals surface area contributed by atoms with Crippen LogP contribution >= 0.6 is 0 Å². The zero-order valence-corrected chi connectivity index (χ0v) is 18.9. The number of hydrogen-bond donors (Lipinski definition) is 1. The summed E-state index contributed by atoms with van der Waals surface area (Å²) < 4.78 is 14.7. The maximum absolute atomic E-state index is 14.7. The van der Waals surface area contributed by atoms with E-state index in [4.69, 9.17) is 0 Å². The Morgan fingerprint density at radius 2 is 1.30 bits per heavy atom. The van der Waals surface area contributed by atoms with Gasteiger partial charge in [-0.25, -0.2) is 0 Å². The van der Waals surface area contributed by atoms with Crippen molar-refractivity contribution >= 4 is 28.1 Å². The third kappa shape index (κ3) is 2.45. The van der Waals surface area contributed by atoms with Gasteiger partial charge < -0.3 is 5.32 Å². The number of para-hydroxylation sites is 1. The van der Waals surface area contributed by atoms with Gasteiger partial charge in [-0.15, -0.1) is 0 Å². The van der Waals surface area contributed by atoms with Gasteiger partial charge in [0.15, 0.2) is 10.4 Å². The molecule has 1 fully saturated rings. The topological polar surface area (TPSA) is 49.4 Å². The highest BCUT2D eigenvalue weighted by Crippen LogP contribution is 2.63. The minimum atomic E-state index is -1.57. The summed E-state index contributed by atoms with van der Waals surface area (Å²) in [6, 6.07) is 34.8. The average molecular weight is 451 g/mol. The molecule has 1 unspecified atom stereocenters. The number of nitrogens with one attached hydrogen (secondary N) is 1. The van der Waals surface area contributed by atoms with Gasteiger partial charge in [0, 0.05) is 5.69 Å². The average Bonchev–Trinajstić information content (AvgIpc) is 2.87. The number of carbonyl (C=O) groups excluding carboxylic acids is 1. The molecule has 33 heavy (non-hydrogen) atoms. The number of carbonyl (C=O) groups is 1. The minimum absolute atomic E-state index is 0.121. The number of aryl methyl sites for hydroxylation is 1. The van der Waals surface area contributed by atoms with Gasteiger partial charge in [-0.2, -0.15) is 0 Å². The van der Waals surface area contributed by atoms with E-state index < -0.39 is 21.2 Å². The number of hydrogen-bond acceptors (Lipinski definition) is 3. The standard InChI is InChI=1S/C28H22N2O2S/c1-20-16-18-23(19-17-20)30-26(31)27(21-10-4-2-5-11-21)28(30,22-12-6-3-7-13-22)33(32)25-15-9-8-14-24(25)29-27/h2-19,29H,1H3/t27-,28-,33?/m0/s1. The first-order valence-electron chi connectivity index (χ1n) is 10.9. The van der Waals surface area contributed by atoms with Crippen molar-refractivity contribution in [3.63, 3.8) is 0 Å². The smallest absolute Gasteiger partial charge is 0.262 e. The van der Waals surface area contributed by atoms with Gasteiger partial charge in [0.25, 0.3) is 5.91 Å². The molecule has 4 aromatic carbocycles. The SMILES string of the molecule is Cc1ccc(N2C(=O)[C@]3(c4ccccc4)Nc4ccccc4S(=O)[C@]23c2ccccc2)cc1. The summed E-state index contributed by atoms with van der Waals surface area (Å²) in [5, 5.41) is 3.57. The van der Waals surface area contributed by atoms with Crippen LogP contribution in [-0.4, -0.2) is 10.1 Å². The van der Waals surface area contributed by atoms with Crippen molar-refractivity contribution in [1.29, 1.82) is 0 Å². The number of nitrogens with zero attached hydrogens (tertiary/aromatic N) is 1. The van der Waals surface area contributed by atoms with Crippen molar-refractivity contribution in [2.24, 2.45) is 0 Å². The Kier molecular flexibility index (Phi) is 4.32. The summed E-state index contributed by atoms with van der Waals surface area (Å²) >= 11 is 0. The molecular formula is C28H22N2O2S. The fourth-order valence-corrected chi connectivity index (χ4v) is 7.29. The molecule has 5 heteroatoms.